The highest BCUT2D eigenvalue weighted by atomic mass is 16.7. The van der Waals surface area contributed by atoms with E-state index in [9.17, 15) is 55.9 Å². The second-order valence-electron chi connectivity index (χ2n) is 22.8. The fraction of sp³-hybridized carbons (Fsp3) is 0.936. The molecule has 8 rings (SSSR count). The summed E-state index contributed by atoms with van der Waals surface area (Å²) in [7, 11) is 0. The predicted molar refractivity (Wildman–Crippen MR) is 224 cm³/mol. The minimum Gasteiger partial charge on any atom is -0.432 e. The van der Waals surface area contributed by atoms with Gasteiger partial charge in [0.15, 0.2) is 12.6 Å². The van der Waals surface area contributed by atoms with Crippen molar-refractivity contribution in [2.45, 2.75) is 217 Å². The molecule has 0 bridgehead atoms. The normalized spacial score (nSPS) is 52.4. The van der Waals surface area contributed by atoms with E-state index in [1.807, 2.05) is 0 Å². The maximum Gasteiger partial charge on any atom is 0.315 e. The Morgan fingerprint density at radius 3 is 1.86 bits per heavy atom. The molecule has 0 spiro atoms. The third-order valence-electron chi connectivity index (χ3n) is 18.4. The van der Waals surface area contributed by atoms with Crippen molar-refractivity contribution in [2.24, 2.45) is 44.8 Å². The molecule has 366 valence electrons. The topological polar surface area (TPSA) is 275 Å². The van der Waals surface area contributed by atoms with Crippen molar-refractivity contribution < 1.29 is 84.3 Å². The van der Waals surface area contributed by atoms with Crippen LogP contribution in [-0.2, 0) is 33.2 Å². The van der Waals surface area contributed by atoms with Gasteiger partial charge < -0.3 is 79.5 Å². The first-order chi connectivity index (χ1) is 30.0. The van der Waals surface area contributed by atoms with Gasteiger partial charge >= 0.3 is 5.97 Å². The van der Waals surface area contributed by atoms with Gasteiger partial charge in [-0.1, -0.05) is 52.7 Å². The van der Waals surface area contributed by atoms with Gasteiger partial charge in [-0.15, -0.1) is 0 Å². The number of esters is 1. The van der Waals surface area contributed by atoms with Gasteiger partial charge in [0.05, 0.1) is 30.8 Å². The molecule has 10 N–H and O–H groups in total. The van der Waals surface area contributed by atoms with Crippen LogP contribution in [0.5, 0.6) is 0 Å². The molecule has 3 heterocycles. The van der Waals surface area contributed by atoms with Crippen LogP contribution in [-0.4, -0.2) is 168 Å². The van der Waals surface area contributed by atoms with Gasteiger partial charge in [-0.05, 0) is 117 Å². The van der Waals surface area contributed by atoms with E-state index in [1.54, 1.807) is 6.92 Å². The average Bonchev–Trinajstić information content (AvgIpc) is 3.24. The lowest BCUT2D eigenvalue weighted by Crippen LogP contribution is -2.65. The Hall–Kier alpha value is -1.39. The lowest BCUT2D eigenvalue weighted by atomic mass is 9.38. The first-order valence-electron chi connectivity index (χ1n) is 23.8. The molecule has 6 fully saturated rings. The van der Waals surface area contributed by atoms with Crippen LogP contribution in [0.2, 0.25) is 0 Å². The van der Waals surface area contributed by atoms with E-state index in [2.05, 4.69) is 41.5 Å². The monoisotopic (exact) mass is 913 g/mol. The second kappa shape index (κ2) is 17.5. The molecule has 3 aliphatic heterocycles. The summed E-state index contributed by atoms with van der Waals surface area (Å²) in [5.41, 5.74) is 1.48. The van der Waals surface area contributed by atoms with Crippen LogP contribution in [0, 0.1) is 44.8 Å². The summed E-state index contributed by atoms with van der Waals surface area (Å²) < 4.78 is 35.8. The number of carbonyl (C=O) groups is 1. The van der Waals surface area contributed by atoms with Crippen molar-refractivity contribution >= 4 is 5.97 Å². The summed E-state index contributed by atoms with van der Waals surface area (Å²) in [6.45, 7) is 14.2. The molecule has 0 aromatic carbocycles. The summed E-state index contributed by atoms with van der Waals surface area (Å²) in [6.07, 6.45) is -12.9. The highest BCUT2D eigenvalue weighted by molar-refractivity contribution is 5.79. The second-order valence-corrected chi connectivity index (χ2v) is 22.8. The Bertz CT molecular complexity index is 1740. The summed E-state index contributed by atoms with van der Waals surface area (Å²) in [4.78, 5) is 14.6. The number of hydrogen-bond acceptors (Lipinski definition) is 17. The molecule has 0 unspecified atom stereocenters. The molecule has 0 aromatic heterocycles. The van der Waals surface area contributed by atoms with Crippen LogP contribution in [0.1, 0.15) is 119 Å². The van der Waals surface area contributed by atoms with Gasteiger partial charge in [-0.2, -0.15) is 0 Å². The lowest BCUT2D eigenvalue weighted by molar-refractivity contribution is -0.364. The standard InChI is InChI=1S/C47H76O17/c1-21-38(63-40-35(55)32(52)30(50)25(19-48)60-40)34(54)37(57)39(59-21)62-29-12-14-46(7)27(44(29,4)5)11-13-45(6)23-10-15-47(17-16-43(2,3)18-24(47)22(23)8-9-28(45)46)42(58)64-41-36(56)33(53)31(51)26(20-49)61-41/h21,24-41,48-57H,8-20H2,1-7H3/t21-,24-,25-,26-,27-,28-,29+,30-,31-,32+,33+,34-,35-,36-,37-,38-,39+,40+,41+,45-,46-,47-/m0/s1. The van der Waals surface area contributed by atoms with E-state index in [4.69, 9.17) is 28.4 Å². The fourth-order valence-electron chi connectivity index (χ4n) is 14.7. The number of aliphatic hydroxyl groups excluding tert-OH is 10. The van der Waals surface area contributed by atoms with Crippen molar-refractivity contribution in [1.29, 1.82) is 0 Å². The Morgan fingerprint density at radius 2 is 1.22 bits per heavy atom. The molecule has 64 heavy (non-hydrogen) atoms. The van der Waals surface area contributed by atoms with Gasteiger partial charge in [0.1, 0.15) is 67.1 Å². The molecule has 0 amide bonds. The fourth-order valence-corrected chi connectivity index (χ4v) is 14.7. The predicted octanol–water partition coefficient (Wildman–Crippen LogP) is 0.922. The van der Waals surface area contributed by atoms with E-state index in [0.29, 0.717) is 25.2 Å². The van der Waals surface area contributed by atoms with Crippen molar-refractivity contribution in [3.63, 3.8) is 0 Å². The van der Waals surface area contributed by atoms with Gasteiger partial charge in [0, 0.05) is 0 Å². The number of fused-ring (bicyclic) bond motifs is 6. The third-order valence-corrected chi connectivity index (χ3v) is 18.4. The minimum atomic E-state index is -1.69. The number of allylic oxidation sites excluding steroid dienone is 2. The van der Waals surface area contributed by atoms with E-state index < -0.39 is 117 Å². The van der Waals surface area contributed by atoms with Gasteiger partial charge in [0.2, 0.25) is 6.29 Å². The zero-order valence-corrected chi connectivity index (χ0v) is 38.5. The van der Waals surface area contributed by atoms with Crippen LogP contribution in [0.25, 0.3) is 0 Å². The average molecular weight is 913 g/mol. The Morgan fingerprint density at radius 1 is 0.625 bits per heavy atom. The van der Waals surface area contributed by atoms with E-state index >= 15 is 0 Å². The molecular formula is C47H76O17. The highest BCUT2D eigenvalue weighted by Gasteiger charge is 2.66. The summed E-state index contributed by atoms with van der Waals surface area (Å²) in [5.74, 6) is 0.0941. The Kier molecular flexibility index (Phi) is 13.4. The molecule has 0 aromatic rings. The van der Waals surface area contributed by atoms with Crippen molar-refractivity contribution in [3.8, 4) is 0 Å². The van der Waals surface area contributed by atoms with Crippen LogP contribution >= 0.6 is 0 Å². The Balaban J connectivity index is 0.976. The molecule has 0 radical (unpaired) electrons. The first-order valence-corrected chi connectivity index (χ1v) is 23.8. The number of carbonyl (C=O) groups excluding carboxylic acids is 1. The highest BCUT2D eigenvalue weighted by Crippen LogP contribution is 2.72. The third kappa shape index (κ3) is 7.85. The SMILES string of the molecule is C[C@@H]1O[C@H](O[C@@H]2CC[C@]3(C)[C@H]4CCC5=C(CC[C@]6(C(=O)O[C@H]7O[C@@H](CO)[C@H](O)[C@@H](O)[C@@H]7O)CCC(C)(C)C[C@@H]56)[C@]4(C)CC[C@H]3C2(C)C)[C@@H](O)[C@H](O)[C@H]1O[C@H]1O[C@@H](CO)[C@H](O)[C@@H](O)[C@@H]1O. The Labute approximate surface area is 376 Å². The molecular weight excluding hydrogens is 836 g/mol. The van der Waals surface area contributed by atoms with Crippen molar-refractivity contribution in [2.75, 3.05) is 13.2 Å². The zero-order chi connectivity index (χ0) is 46.6. The molecule has 5 aliphatic carbocycles. The van der Waals surface area contributed by atoms with Crippen LogP contribution in [0.4, 0.5) is 0 Å². The molecule has 8 aliphatic rings. The maximum absolute atomic E-state index is 14.6. The molecule has 17 nitrogen and oxygen atoms in total. The first kappa shape index (κ1) is 49.0. The largest absolute Gasteiger partial charge is 0.432 e. The summed E-state index contributed by atoms with van der Waals surface area (Å²) >= 11 is 0. The van der Waals surface area contributed by atoms with Gasteiger partial charge in [0.25, 0.3) is 0 Å². The number of hydrogen-bond donors (Lipinski definition) is 10. The zero-order valence-electron chi connectivity index (χ0n) is 38.5. The summed E-state index contributed by atoms with van der Waals surface area (Å²) in [6, 6.07) is 0. The molecule has 3 saturated carbocycles. The number of ether oxygens (including phenoxy) is 6. The van der Waals surface area contributed by atoms with E-state index in [-0.39, 0.29) is 39.6 Å². The van der Waals surface area contributed by atoms with Gasteiger partial charge in [-0.25, -0.2) is 0 Å². The molecule has 22 atom stereocenters. The number of rotatable bonds is 8. The minimum absolute atomic E-state index is 0.0153. The maximum atomic E-state index is 14.6. The van der Waals surface area contributed by atoms with Crippen LogP contribution in [0.3, 0.4) is 0 Å². The van der Waals surface area contributed by atoms with E-state index in [1.165, 1.54) is 11.1 Å². The summed E-state index contributed by atoms with van der Waals surface area (Å²) in [5, 5.41) is 105. The molecule has 3 saturated heterocycles. The van der Waals surface area contributed by atoms with E-state index in [0.717, 1.165) is 51.4 Å². The smallest absolute Gasteiger partial charge is 0.315 e. The van der Waals surface area contributed by atoms with Crippen LogP contribution in [0.15, 0.2) is 11.1 Å². The van der Waals surface area contributed by atoms with Crippen molar-refractivity contribution in [3.05, 3.63) is 11.1 Å². The van der Waals surface area contributed by atoms with Crippen molar-refractivity contribution in [1.82, 2.24) is 0 Å². The lowest BCUT2D eigenvalue weighted by Gasteiger charge is -2.67. The number of aliphatic hydroxyl groups is 10. The van der Waals surface area contributed by atoms with Gasteiger partial charge in [-0.3, -0.25) is 4.79 Å². The quantitative estimate of drug-likeness (QED) is 0.0922. The molecule has 17 heteroatoms. The van der Waals surface area contributed by atoms with Crippen LogP contribution < -0.4 is 0 Å².